The third-order valence-corrected chi connectivity index (χ3v) is 5.57. The molecule has 9 nitrogen and oxygen atoms in total. The second kappa shape index (κ2) is 8.44. The molecule has 2 aromatic rings. The van der Waals surface area contributed by atoms with Crippen molar-refractivity contribution in [3.8, 4) is 0 Å². The molecule has 1 saturated heterocycles. The molecule has 1 fully saturated rings. The number of nitrogens with two attached hydrogens (primary N) is 1. The summed E-state index contributed by atoms with van der Waals surface area (Å²) in [6, 6.07) is 7.53. The van der Waals surface area contributed by atoms with Gasteiger partial charge in [-0.3, -0.25) is 29.4 Å². The van der Waals surface area contributed by atoms with Gasteiger partial charge >= 0.3 is 0 Å². The largest absolute Gasteiger partial charge is 0.366 e. The molecule has 1 aromatic heterocycles. The van der Waals surface area contributed by atoms with Gasteiger partial charge in [0.15, 0.2) is 0 Å². The fourth-order valence-electron chi connectivity index (χ4n) is 3.83. The molecule has 2 aliphatic rings. The summed E-state index contributed by atoms with van der Waals surface area (Å²) in [4.78, 5) is 56.5. The number of benzene rings is 1. The summed E-state index contributed by atoms with van der Waals surface area (Å²) in [7, 11) is 0. The van der Waals surface area contributed by atoms with E-state index in [1.165, 1.54) is 0 Å². The number of nitrogens with one attached hydrogen (secondary N) is 1. The number of hydrogen-bond donors (Lipinski definition) is 2. The van der Waals surface area contributed by atoms with Crippen LogP contribution in [0.25, 0.3) is 0 Å². The first-order valence-corrected chi connectivity index (χ1v) is 10.2. The standard InChI is InChI=1S/C21H20ClN5O4/c22-17-5-1-12(10-24-17)11-26(8-7-23)13-2-3-14-15(9-13)21(31)27(20(14)30)16-4-6-18(28)25-19(16)29/h1-3,5,9-10,16H,4,6-8,11,23H2,(H,25,28,29). The number of aromatic nitrogens is 1. The fraction of sp³-hybridized carbons (Fsp3) is 0.286. The molecule has 1 aromatic carbocycles. The lowest BCUT2D eigenvalue weighted by Crippen LogP contribution is -2.54. The van der Waals surface area contributed by atoms with Crippen LogP contribution in [-0.4, -0.2) is 52.6 Å². The lowest BCUT2D eigenvalue weighted by atomic mass is 10.0. The zero-order valence-electron chi connectivity index (χ0n) is 16.5. The van der Waals surface area contributed by atoms with E-state index in [1.807, 2.05) is 11.0 Å². The number of amides is 4. The van der Waals surface area contributed by atoms with Gasteiger partial charge in [0.05, 0.1) is 11.1 Å². The van der Waals surface area contributed by atoms with Crippen LogP contribution in [0.1, 0.15) is 39.1 Å². The van der Waals surface area contributed by atoms with Crippen LogP contribution < -0.4 is 16.0 Å². The first-order valence-electron chi connectivity index (χ1n) is 9.80. The molecular weight excluding hydrogens is 422 g/mol. The maximum atomic E-state index is 13.0. The zero-order chi connectivity index (χ0) is 22.1. The number of carbonyl (C=O) groups excluding carboxylic acids is 4. The summed E-state index contributed by atoms with van der Waals surface area (Å²) in [5, 5.41) is 2.58. The van der Waals surface area contributed by atoms with Gasteiger partial charge in [-0.15, -0.1) is 0 Å². The molecule has 4 amide bonds. The van der Waals surface area contributed by atoms with Crippen molar-refractivity contribution in [3.05, 3.63) is 58.4 Å². The lowest BCUT2D eigenvalue weighted by Gasteiger charge is -2.27. The van der Waals surface area contributed by atoms with E-state index in [4.69, 9.17) is 17.3 Å². The fourth-order valence-corrected chi connectivity index (χ4v) is 3.94. The third kappa shape index (κ3) is 4.01. The number of halogens is 1. The number of nitrogens with zero attached hydrogens (tertiary/aromatic N) is 3. The summed E-state index contributed by atoms with van der Waals surface area (Å²) in [5.41, 5.74) is 7.86. The van der Waals surface area contributed by atoms with Crippen molar-refractivity contribution in [1.82, 2.24) is 15.2 Å². The predicted molar refractivity (Wildman–Crippen MR) is 112 cm³/mol. The maximum Gasteiger partial charge on any atom is 0.262 e. The van der Waals surface area contributed by atoms with E-state index in [-0.39, 0.29) is 24.0 Å². The van der Waals surface area contributed by atoms with Crippen LogP contribution in [0.3, 0.4) is 0 Å². The molecule has 0 aliphatic carbocycles. The van der Waals surface area contributed by atoms with Crippen LogP contribution in [0.2, 0.25) is 5.15 Å². The molecule has 4 rings (SSSR count). The summed E-state index contributed by atoms with van der Waals surface area (Å²) in [5.74, 6) is -2.12. The Hall–Kier alpha value is -3.30. The van der Waals surface area contributed by atoms with Gasteiger partial charge in [0, 0.05) is 37.9 Å². The number of imide groups is 2. The highest BCUT2D eigenvalue weighted by atomic mass is 35.5. The van der Waals surface area contributed by atoms with Gasteiger partial charge in [-0.1, -0.05) is 17.7 Å². The average molecular weight is 442 g/mol. The Morgan fingerprint density at radius 1 is 1.13 bits per heavy atom. The van der Waals surface area contributed by atoms with Gasteiger partial charge in [0.25, 0.3) is 11.8 Å². The molecule has 1 atom stereocenters. The molecular formula is C21H20ClN5O4. The van der Waals surface area contributed by atoms with E-state index < -0.39 is 29.7 Å². The Labute approximate surface area is 183 Å². The topological polar surface area (TPSA) is 126 Å². The van der Waals surface area contributed by atoms with Crippen LogP contribution in [-0.2, 0) is 16.1 Å². The second-order valence-corrected chi connectivity index (χ2v) is 7.76. The minimum Gasteiger partial charge on any atom is -0.366 e. The Morgan fingerprint density at radius 3 is 2.58 bits per heavy atom. The number of piperidine rings is 1. The van der Waals surface area contributed by atoms with E-state index in [0.717, 1.165) is 10.5 Å². The van der Waals surface area contributed by atoms with Gasteiger partial charge in [-0.05, 0) is 36.2 Å². The third-order valence-electron chi connectivity index (χ3n) is 5.35. The van der Waals surface area contributed by atoms with Gasteiger partial charge in [-0.25, -0.2) is 4.98 Å². The summed E-state index contributed by atoms with van der Waals surface area (Å²) >= 11 is 5.85. The summed E-state index contributed by atoms with van der Waals surface area (Å²) in [6.07, 6.45) is 1.86. The monoisotopic (exact) mass is 441 g/mol. The van der Waals surface area contributed by atoms with E-state index >= 15 is 0 Å². The number of pyridine rings is 1. The molecule has 3 N–H and O–H groups in total. The van der Waals surface area contributed by atoms with Crippen molar-refractivity contribution >= 4 is 40.9 Å². The number of carbonyl (C=O) groups is 4. The number of hydrogen-bond acceptors (Lipinski definition) is 7. The SMILES string of the molecule is NCCN(Cc1ccc(Cl)nc1)c1ccc2c(c1)C(=O)N(C1CCC(=O)NC1=O)C2=O. The Bertz CT molecular complexity index is 1070. The van der Waals surface area contributed by atoms with E-state index in [0.29, 0.717) is 30.5 Å². The van der Waals surface area contributed by atoms with Crippen LogP contribution in [0.5, 0.6) is 0 Å². The predicted octanol–water partition coefficient (Wildman–Crippen LogP) is 1.10. The van der Waals surface area contributed by atoms with Crippen LogP contribution in [0.15, 0.2) is 36.5 Å². The molecule has 0 radical (unpaired) electrons. The van der Waals surface area contributed by atoms with Crippen molar-refractivity contribution in [2.24, 2.45) is 5.73 Å². The van der Waals surface area contributed by atoms with Gasteiger partial charge < -0.3 is 10.6 Å². The van der Waals surface area contributed by atoms with Crippen molar-refractivity contribution < 1.29 is 19.2 Å². The molecule has 0 spiro atoms. The summed E-state index contributed by atoms with van der Waals surface area (Å²) in [6.45, 7) is 1.38. The smallest absolute Gasteiger partial charge is 0.262 e. The van der Waals surface area contributed by atoms with Gasteiger partial charge in [0.2, 0.25) is 11.8 Å². The Kier molecular flexibility index (Phi) is 5.71. The maximum absolute atomic E-state index is 13.0. The minimum absolute atomic E-state index is 0.0778. The average Bonchev–Trinajstić information content (AvgIpc) is 2.99. The zero-order valence-corrected chi connectivity index (χ0v) is 17.3. The molecule has 160 valence electrons. The van der Waals surface area contributed by atoms with Crippen molar-refractivity contribution in [1.29, 1.82) is 0 Å². The molecule has 0 saturated carbocycles. The highest BCUT2D eigenvalue weighted by molar-refractivity contribution is 6.29. The second-order valence-electron chi connectivity index (χ2n) is 7.38. The van der Waals surface area contributed by atoms with E-state index in [1.54, 1.807) is 30.5 Å². The molecule has 0 bridgehead atoms. The van der Waals surface area contributed by atoms with E-state index in [9.17, 15) is 19.2 Å². The lowest BCUT2D eigenvalue weighted by molar-refractivity contribution is -0.136. The first-order chi connectivity index (χ1) is 14.9. The molecule has 2 aliphatic heterocycles. The van der Waals surface area contributed by atoms with Crippen LogP contribution in [0.4, 0.5) is 5.69 Å². The first kappa shape index (κ1) is 21.0. The highest BCUT2D eigenvalue weighted by Gasteiger charge is 2.44. The quantitative estimate of drug-likeness (QED) is 0.507. The number of anilines is 1. The normalized spacial score (nSPS) is 18.3. The van der Waals surface area contributed by atoms with Crippen molar-refractivity contribution in [2.75, 3.05) is 18.0 Å². The van der Waals surface area contributed by atoms with E-state index in [2.05, 4.69) is 10.3 Å². The number of fused-ring (bicyclic) bond motifs is 1. The Morgan fingerprint density at radius 2 is 1.90 bits per heavy atom. The van der Waals surface area contributed by atoms with Crippen LogP contribution in [0, 0.1) is 0 Å². The van der Waals surface area contributed by atoms with Gasteiger partial charge in [0.1, 0.15) is 11.2 Å². The molecule has 10 heteroatoms. The molecule has 1 unspecified atom stereocenters. The minimum atomic E-state index is -0.992. The molecule has 3 heterocycles. The van der Waals surface area contributed by atoms with Crippen molar-refractivity contribution in [2.45, 2.75) is 25.4 Å². The van der Waals surface area contributed by atoms with Crippen LogP contribution >= 0.6 is 11.6 Å². The Balaban J connectivity index is 1.61. The highest BCUT2D eigenvalue weighted by Crippen LogP contribution is 2.31. The number of rotatable bonds is 6. The van der Waals surface area contributed by atoms with Crippen molar-refractivity contribution in [3.63, 3.8) is 0 Å². The van der Waals surface area contributed by atoms with Gasteiger partial charge in [-0.2, -0.15) is 0 Å². The summed E-state index contributed by atoms with van der Waals surface area (Å²) < 4.78 is 0. The molecule has 31 heavy (non-hydrogen) atoms.